The Kier molecular flexibility index (Phi) is 6.40. The lowest BCUT2D eigenvalue weighted by atomic mass is 10.1. The minimum absolute atomic E-state index is 0.125. The van der Waals surface area contributed by atoms with Crippen LogP contribution in [-0.2, 0) is 16.0 Å². The second kappa shape index (κ2) is 8.77. The Morgan fingerprint density at radius 2 is 2.26 bits per heavy atom. The molecule has 0 saturated carbocycles. The standard InChI is InChI=1S/C17H18N4O3S3/c1-10(2)8-14-19-20-16(27-14)18-13(22)5-6-21-15(23)12(26-17(21)25)9-11-4-3-7-24-11/h3-4,7,9-10H,5-6,8H2,1-2H3,(H,18,20,22)/b12-9+. The van der Waals surface area contributed by atoms with Crippen molar-refractivity contribution >= 4 is 62.7 Å². The predicted molar refractivity (Wildman–Crippen MR) is 110 cm³/mol. The van der Waals surface area contributed by atoms with Crippen LogP contribution in [0.25, 0.3) is 6.08 Å². The molecule has 0 bridgehead atoms. The predicted octanol–water partition coefficient (Wildman–Crippen LogP) is 3.56. The number of nitrogens with zero attached hydrogens (tertiary/aromatic N) is 3. The van der Waals surface area contributed by atoms with Gasteiger partial charge in [-0.15, -0.1) is 10.2 Å². The van der Waals surface area contributed by atoms with E-state index < -0.39 is 0 Å². The second-order valence-electron chi connectivity index (χ2n) is 6.25. The number of thioether (sulfide) groups is 1. The highest BCUT2D eigenvalue weighted by atomic mass is 32.2. The summed E-state index contributed by atoms with van der Waals surface area (Å²) in [5.74, 6) is 0.613. The molecule has 0 unspecified atom stereocenters. The van der Waals surface area contributed by atoms with Gasteiger partial charge in [-0.05, 0) is 18.1 Å². The zero-order valence-electron chi connectivity index (χ0n) is 14.8. The molecule has 2 aromatic rings. The fourth-order valence-corrected chi connectivity index (χ4v) is 4.58. The van der Waals surface area contributed by atoms with Crippen molar-refractivity contribution in [1.82, 2.24) is 15.1 Å². The molecule has 2 aromatic heterocycles. The Labute approximate surface area is 170 Å². The van der Waals surface area contributed by atoms with Crippen molar-refractivity contribution in [3.63, 3.8) is 0 Å². The number of anilines is 1. The molecule has 1 fully saturated rings. The van der Waals surface area contributed by atoms with Gasteiger partial charge in [0, 0.05) is 25.5 Å². The summed E-state index contributed by atoms with van der Waals surface area (Å²) in [6.45, 7) is 4.41. The number of hydrogen-bond donors (Lipinski definition) is 1. The van der Waals surface area contributed by atoms with E-state index in [1.807, 2.05) is 0 Å². The SMILES string of the molecule is CC(C)Cc1nnc(NC(=O)CCN2C(=O)/C(=C\c3ccco3)SC2=S)s1. The largest absolute Gasteiger partial charge is 0.465 e. The van der Waals surface area contributed by atoms with E-state index in [0.29, 0.717) is 26.0 Å². The van der Waals surface area contributed by atoms with Crippen LogP contribution in [0.3, 0.4) is 0 Å². The first-order valence-electron chi connectivity index (χ1n) is 8.33. The minimum atomic E-state index is -0.230. The van der Waals surface area contributed by atoms with E-state index in [4.69, 9.17) is 16.6 Å². The number of amides is 2. The van der Waals surface area contributed by atoms with Crippen LogP contribution in [0.5, 0.6) is 0 Å². The summed E-state index contributed by atoms with van der Waals surface area (Å²) in [7, 11) is 0. The lowest BCUT2D eigenvalue weighted by molar-refractivity contribution is -0.122. The van der Waals surface area contributed by atoms with E-state index in [-0.39, 0.29) is 24.8 Å². The Morgan fingerprint density at radius 1 is 1.44 bits per heavy atom. The first-order chi connectivity index (χ1) is 12.9. The molecule has 1 aliphatic heterocycles. The smallest absolute Gasteiger partial charge is 0.266 e. The van der Waals surface area contributed by atoms with Crippen molar-refractivity contribution in [1.29, 1.82) is 0 Å². The molecule has 1 saturated heterocycles. The average Bonchev–Trinajstić information content (AvgIpc) is 3.30. The first-order valence-corrected chi connectivity index (χ1v) is 10.4. The number of nitrogens with one attached hydrogen (secondary N) is 1. The summed E-state index contributed by atoms with van der Waals surface area (Å²) in [6.07, 6.45) is 4.14. The van der Waals surface area contributed by atoms with Crippen molar-refractivity contribution in [2.24, 2.45) is 5.92 Å². The number of aromatic nitrogens is 2. The van der Waals surface area contributed by atoms with Crippen molar-refractivity contribution in [2.45, 2.75) is 26.7 Å². The number of hydrogen-bond acceptors (Lipinski definition) is 8. The average molecular weight is 423 g/mol. The van der Waals surface area contributed by atoms with Crippen LogP contribution in [0.1, 0.15) is 31.0 Å². The Balaban J connectivity index is 1.53. The number of carbonyl (C=O) groups excluding carboxylic acids is 2. The minimum Gasteiger partial charge on any atom is -0.465 e. The second-order valence-corrected chi connectivity index (χ2v) is 8.98. The molecule has 0 aromatic carbocycles. The summed E-state index contributed by atoms with van der Waals surface area (Å²) in [5, 5.41) is 12.1. The first kappa shape index (κ1) is 19.7. The van der Waals surface area contributed by atoms with Gasteiger partial charge < -0.3 is 9.73 Å². The number of carbonyl (C=O) groups is 2. The van der Waals surface area contributed by atoms with Gasteiger partial charge in [0.2, 0.25) is 11.0 Å². The molecule has 0 spiro atoms. The monoisotopic (exact) mass is 422 g/mol. The van der Waals surface area contributed by atoms with Crippen molar-refractivity contribution in [3.8, 4) is 0 Å². The van der Waals surface area contributed by atoms with Crippen LogP contribution in [0, 0.1) is 5.92 Å². The fourth-order valence-electron chi connectivity index (χ4n) is 2.33. The zero-order chi connectivity index (χ0) is 19.4. The third-order valence-electron chi connectivity index (χ3n) is 3.55. The quantitative estimate of drug-likeness (QED) is 0.539. The van der Waals surface area contributed by atoms with Gasteiger partial charge in [0.1, 0.15) is 15.1 Å². The number of thiocarbonyl (C=S) groups is 1. The summed E-state index contributed by atoms with van der Waals surface area (Å²) in [4.78, 5) is 26.5. The van der Waals surface area contributed by atoms with Gasteiger partial charge in [-0.3, -0.25) is 14.5 Å². The third-order valence-corrected chi connectivity index (χ3v) is 5.79. The van der Waals surface area contributed by atoms with E-state index in [1.165, 1.54) is 34.3 Å². The van der Waals surface area contributed by atoms with Gasteiger partial charge in [0.15, 0.2) is 0 Å². The number of furan rings is 1. The lowest BCUT2D eigenvalue weighted by Gasteiger charge is -2.13. The molecule has 10 heteroatoms. The van der Waals surface area contributed by atoms with Gasteiger partial charge in [0.05, 0.1) is 11.2 Å². The molecule has 142 valence electrons. The van der Waals surface area contributed by atoms with Crippen LogP contribution in [0.2, 0.25) is 0 Å². The molecule has 1 N–H and O–H groups in total. The van der Waals surface area contributed by atoms with Crippen LogP contribution in [0.4, 0.5) is 5.13 Å². The summed E-state index contributed by atoms with van der Waals surface area (Å²) < 4.78 is 5.66. The van der Waals surface area contributed by atoms with E-state index in [9.17, 15) is 9.59 Å². The molecular formula is C17H18N4O3S3. The van der Waals surface area contributed by atoms with E-state index in [2.05, 4.69) is 29.4 Å². The van der Waals surface area contributed by atoms with Crippen molar-refractivity contribution in [2.75, 3.05) is 11.9 Å². The van der Waals surface area contributed by atoms with Gasteiger partial charge in [0.25, 0.3) is 5.91 Å². The normalized spacial score (nSPS) is 16.0. The molecule has 1 aliphatic rings. The van der Waals surface area contributed by atoms with E-state index in [0.717, 1.165) is 11.4 Å². The van der Waals surface area contributed by atoms with Crippen LogP contribution >= 0.6 is 35.3 Å². The van der Waals surface area contributed by atoms with Crippen LogP contribution < -0.4 is 5.32 Å². The maximum absolute atomic E-state index is 12.5. The Bertz CT molecular complexity index is 874. The molecule has 0 radical (unpaired) electrons. The van der Waals surface area contributed by atoms with Crippen molar-refractivity contribution in [3.05, 3.63) is 34.1 Å². The van der Waals surface area contributed by atoms with Gasteiger partial charge in [-0.2, -0.15) is 0 Å². The third kappa shape index (κ3) is 5.24. The Hall–Kier alpha value is -2.04. The zero-order valence-corrected chi connectivity index (χ0v) is 17.2. The molecule has 0 atom stereocenters. The van der Waals surface area contributed by atoms with Crippen LogP contribution in [-0.4, -0.2) is 37.8 Å². The molecule has 2 amide bonds. The molecule has 3 rings (SSSR count). The maximum Gasteiger partial charge on any atom is 0.266 e. The van der Waals surface area contributed by atoms with Crippen LogP contribution in [0.15, 0.2) is 27.7 Å². The Morgan fingerprint density at radius 3 is 2.96 bits per heavy atom. The fraction of sp³-hybridized carbons (Fsp3) is 0.353. The van der Waals surface area contributed by atoms with Gasteiger partial charge >= 0.3 is 0 Å². The molecule has 27 heavy (non-hydrogen) atoms. The highest BCUT2D eigenvalue weighted by Gasteiger charge is 2.32. The van der Waals surface area contributed by atoms with Crippen molar-refractivity contribution < 1.29 is 14.0 Å². The topological polar surface area (TPSA) is 88.3 Å². The lowest BCUT2D eigenvalue weighted by Crippen LogP contribution is -2.31. The van der Waals surface area contributed by atoms with Gasteiger partial charge in [-0.1, -0.05) is 49.2 Å². The number of rotatable bonds is 7. The summed E-state index contributed by atoms with van der Waals surface area (Å²) in [6, 6.07) is 3.51. The highest BCUT2D eigenvalue weighted by Crippen LogP contribution is 2.32. The summed E-state index contributed by atoms with van der Waals surface area (Å²) in [5.41, 5.74) is 0. The van der Waals surface area contributed by atoms with Gasteiger partial charge in [-0.25, -0.2) is 0 Å². The molecule has 0 aliphatic carbocycles. The van der Waals surface area contributed by atoms with E-state index >= 15 is 0 Å². The maximum atomic E-state index is 12.5. The summed E-state index contributed by atoms with van der Waals surface area (Å²) >= 11 is 7.83. The molecule has 3 heterocycles. The highest BCUT2D eigenvalue weighted by molar-refractivity contribution is 8.26. The molecule has 7 nitrogen and oxygen atoms in total. The van der Waals surface area contributed by atoms with E-state index in [1.54, 1.807) is 18.2 Å². The molecular weight excluding hydrogens is 404 g/mol.